The van der Waals surface area contributed by atoms with E-state index in [0.717, 1.165) is 26.1 Å². The van der Waals surface area contributed by atoms with Crippen LogP contribution in [0.5, 0.6) is 0 Å². The van der Waals surface area contributed by atoms with Crippen molar-refractivity contribution in [2.45, 2.75) is 13.3 Å². The van der Waals surface area contributed by atoms with Crippen LogP contribution in [0.25, 0.3) is 0 Å². The molecular weight excluding hydrogens is 164 g/mol. The second-order valence-electron chi connectivity index (χ2n) is 3.41. The molecule has 0 aliphatic carbocycles. The van der Waals surface area contributed by atoms with Crippen molar-refractivity contribution in [3.8, 4) is 0 Å². The SMILES string of the molecule is CCN=C(N)N(C)CCCN(C)C. The predicted octanol–water partition coefficient (Wildman–Crippen LogP) is 0.205. The van der Waals surface area contributed by atoms with Gasteiger partial charge >= 0.3 is 0 Å². The molecule has 0 aliphatic heterocycles. The summed E-state index contributed by atoms with van der Waals surface area (Å²) in [6.07, 6.45) is 1.11. The molecule has 0 fully saturated rings. The lowest BCUT2D eigenvalue weighted by Gasteiger charge is -2.19. The Morgan fingerprint density at radius 2 is 1.85 bits per heavy atom. The van der Waals surface area contributed by atoms with E-state index in [1.807, 2.05) is 18.9 Å². The van der Waals surface area contributed by atoms with Crippen LogP contribution in [0.3, 0.4) is 0 Å². The smallest absolute Gasteiger partial charge is 0.190 e. The monoisotopic (exact) mass is 186 g/mol. The Morgan fingerprint density at radius 3 is 2.31 bits per heavy atom. The molecule has 0 spiro atoms. The minimum Gasteiger partial charge on any atom is -0.370 e. The number of rotatable bonds is 5. The molecule has 0 unspecified atom stereocenters. The summed E-state index contributed by atoms with van der Waals surface area (Å²) in [4.78, 5) is 8.29. The molecule has 4 nitrogen and oxygen atoms in total. The van der Waals surface area contributed by atoms with E-state index < -0.39 is 0 Å². The van der Waals surface area contributed by atoms with Crippen LogP contribution >= 0.6 is 0 Å². The molecule has 0 rings (SSSR count). The average molecular weight is 186 g/mol. The first-order chi connectivity index (χ1) is 6.07. The molecule has 0 aromatic heterocycles. The second-order valence-corrected chi connectivity index (χ2v) is 3.41. The van der Waals surface area contributed by atoms with E-state index in [-0.39, 0.29) is 0 Å². The maximum absolute atomic E-state index is 5.71. The fourth-order valence-corrected chi connectivity index (χ4v) is 1.02. The summed E-state index contributed by atoms with van der Waals surface area (Å²) in [5.74, 6) is 0.640. The summed E-state index contributed by atoms with van der Waals surface area (Å²) < 4.78 is 0. The van der Waals surface area contributed by atoms with Crippen LogP contribution in [0.15, 0.2) is 4.99 Å². The van der Waals surface area contributed by atoms with Gasteiger partial charge in [0.2, 0.25) is 0 Å². The topological polar surface area (TPSA) is 44.9 Å². The number of hydrogen-bond acceptors (Lipinski definition) is 2. The zero-order valence-corrected chi connectivity index (χ0v) is 9.25. The standard InChI is InChI=1S/C9H22N4/c1-5-11-9(10)13(4)8-6-7-12(2)3/h5-8H2,1-4H3,(H2,10,11). The van der Waals surface area contributed by atoms with Crippen molar-refractivity contribution in [1.82, 2.24) is 9.80 Å². The zero-order chi connectivity index (χ0) is 10.3. The molecule has 0 bridgehead atoms. The van der Waals surface area contributed by atoms with Crippen LogP contribution in [0.4, 0.5) is 0 Å². The Hall–Kier alpha value is -0.770. The number of aliphatic imine (C=N–C) groups is 1. The first kappa shape index (κ1) is 12.2. The second kappa shape index (κ2) is 6.71. The Morgan fingerprint density at radius 1 is 1.23 bits per heavy atom. The molecule has 0 atom stereocenters. The molecule has 0 aromatic carbocycles. The highest BCUT2D eigenvalue weighted by Crippen LogP contribution is 1.89. The first-order valence-corrected chi connectivity index (χ1v) is 4.73. The van der Waals surface area contributed by atoms with Gasteiger partial charge in [-0.3, -0.25) is 4.99 Å². The number of nitrogens with two attached hydrogens (primary N) is 1. The quantitative estimate of drug-likeness (QED) is 0.493. The lowest BCUT2D eigenvalue weighted by Crippen LogP contribution is -2.35. The predicted molar refractivity (Wildman–Crippen MR) is 58.0 cm³/mol. The van der Waals surface area contributed by atoms with Crippen molar-refractivity contribution in [3.05, 3.63) is 0 Å². The van der Waals surface area contributed by atoms with Gasteiger partial charge in [0.25, 0.3) is 0 Å². The molecular formula is C9H22N4. The summed E-state index contributed by atoms with van der Waals surface area (Å²) in [6, 6.07) is 0. The third kappa shape index (κ3) is 6.40. The van der Waals surface area contributed by atoms with Crippen molar-refractivity contribution in [3.63, 3.8) is 0 Å². The highest BCUT2D eigenvalue weighted by molar-refractivity contribution is 5.77. The van der Waals surface area contributed by atoms with E-state index in [9.17, 15) is 0 Å². The van der Waals surface area contributed by atoms with Crippen molar-refractivity contribution in [2.75, 3.05) is 40.8 Å². The Balaban J connectivity index is 3.61. The molecule has 0 heterocycles. The molecule has 2 N–H and O–H groups in total. The normalized spacial score (nSPS) is 12.2. The van der Waals surface area contributed by atoms with E-state index in [0.29, 0.717) is 5.96 Å². The fourth-order valence-electron chi connectivity index (χ4n) is 1.02. The van der Waals surface area contributed by atoms with Crippen LogP contribution in [0.2, 0.25) is 0 Å². The maximum atomic E-state index is 5.71. The number of nitrogens with zero attached hydrogens (tertiary/aromatic N) is 3. The van der Waals surface area contributed by atoms with Gasteiger partial charge in [-0.15, -0.1) is 0 Å². The fraction of sp³-hybridized carbons (Fsp3) is 0.889. The molecule has 0 aliphatic rings. The maximum Gasteiger partial charge on any atom is 0.190 e. The third-order valence-corrected chi connectivity index (χ3v) is 1.81. The van der Waals surface area contributed by atoms with Crippen LogP contribution in [0.1, 0.15) is 13.3 Å². The number of hydrogen-bond donors (Lipinski definition) is 1. The average Bonchev–Trinajstić information content (AvgIpc) is 2.04. The molecule has 0 saturated carbocycles. The van der Waals surface area contributed by atoms with Gasteiger partial charge in [-0.2, -0.15) is 0 Å². The van der Waals surface area contributed by atoms with E-state index in [1.54, 1.807) is 0 Å². The highest BCUT2D eigenvalue weighted by Gasteiger charge is 2.00. The summed E-state index contributed by atoms with van der Waals surface area (Å²) in [7, 11) is 6.12. The summed E-state index contributed by atoms with van der Waals surface area (Å²) in [5, 5.41) is 0. The van der Waals surface area contributed by atoms with Crippen molar-refractivity contribution in [2.24, 2.45) is 10.7 Å². The summed E-state index contributed by atoms with van der Waals surface area (Å²) in [5.41, 5.74) is 5.71. The van der Waals surface area contributed by atoms with E-state index in [4.69, 9.17) is 5.73 Å². The van der Waals surface area contributed by atoms with E-state index >= 15 is 0 Å². The van der Waals surface area contributed by atoms with Crippen molar-refractivity contribution in [1.29, 1.82) is 0 Å². The van der Waals surface area contributed by atoms with Crippen molar-refractivity contribution >= 4 is 5.96 Å². The number of guanidine groups is 1. The van der Waals surface area contributed by atoms with Gasteiger partial charge in [0.05, 0.1) is 0 Å². The lowest BCUT2D eigenvalue weighted by atomic mass is 10.4. The Labute approximate surface area is 81.4 Å². The van der Waals surface area contributed by atoms with Gasteiger partial charge in [0.15, 0.2) is 5.96 Å². The van der Waals surface area contributed by atoms with E-state index in [1.165, 1.54) is 0 Å². The van der Waals surface area contributed by atoms with Gasteiger partial charge in [-0.05, 0) is 34.0 Å². The molecule has 13 heavy (non-hydrogen) atoms. The molecule has 4 heteroatoms. The van der Waals surface area contributed by atoms with Gasteiger partial charge in [-0.1, -0.05) is 0 Å². The minimum atomic E-state index is 0.640. The minimum absolute atomic E-state index is 0.640. The van der Waals surface area contributed by atoms with Gasteiger partial charge in [0.1, 0.15) is 0 Å². The van der Waals surface area contributed by atoms with Crippen LogP contribution in [-0.2, 0) is 0 Å². The lowest BCUT2D eigenvalue weighted by molar-refractivity contribution is 0.368. The van der Waals surface area contributed by atoms with E-state index in [2.05, 4.69) is 24.0 Å². The molecule has 0 radical (unpaired) electrons. The Kier molecular flexibility index (Phi) is 6.32. The van der Waals surface area contributed by atoms with Crippen LogP contribution in [-0.4, -0.2) is 56.5 Å². The van der Waals surface area contributed by atoms with Crippen LogP contribution in [0, 0.1) is 0 Å². The Bertz CT molecular complexity index is 154. The van der Waals surface area contributed by atoms with Crippen LogP contribution < -0.4 is 5.73 Å². The van der Waals surface area contributed by atoms with Gasteiger partial charge < -0.3 is 15.5 Å². The van der Waals surface area contributed by atoms with Gasteiger partial charge in [0, 0.05) is 20.1 Å². The first-order valence-electron chi connectivity index (χ1n) is 4.73. The molecule has 0 saturated heterocycles. The summed E-state index contributed by atoms with van der Waals surface area (Å²) >= 11 is 0. The van der Waals surface area contributed by atoms with Gasteiger partial charge in [-0.25, -0.2) is 0 Å². The molecule has 78 valence electrons. The molecule has 0 amide bonds. The largest absolute Gasteiger partial charge is 0.370 e. The van der Waals surface area contributed by atoms with Crippen molar-refractivity contribution < 1.29 is 0 Å². The molecule has 0 aromatic rings. The third-order valence-electron chi connectivity index (χ3n) is 1.81. The summed E-state index contributed by atoms with van der Waals surface area (Å²) in [6.45, 7) is 4.79. The zero-order valence-electron chi connectivity index (χ0n) is 9.25. The highest BCUT2D eigenvalue weighted by atomic mass is 15.2.